The van der Waals surface area contributed by atoms with Crippen molar-refractivity contribution in [1.82, 2.24) is 4.90 Å². The van der Waals surface area contributed by atoms with Crippen LogP contribution in [-0.2, 0) is 10.0 Å². The van der Waals surface area contributed by atoms with Crippen molar-refractivity contribution in [1.29, 1.82) is 0 Å². The first-order chi connectivity index (χ1) is 12.8. The van der Waals surface area contributed by atoms with E-state index in [1.165, 1.54) is 23.5 Å². The van der Waals surface area contributed by atoms with Gasteiger partial charge in [-0.05, 0) is 56.1 Å². The maximum Gasteiger partial charge on any atom is 0.264 e. The minimum absolute atomic E-state index is 0. The van der Waals surface area contributed by atoms with Crippen molar-refractivity contribution in [2.45, 2.75) is 24.3 Å². The summed E-state index contributed by atoms with van der Waals surface area (Å²) in [7, 11) is -2.25. The molecule has 0 radical (unpaired) electrons. The van der Waals surface area contributed by atoms with Gasteiger partial charge in [-0.25, -0.2) is 8.42 Å². The number of hydrogen-bond donors (Lipinski definition) is 1. The van der Waals surface area contributed by atoms with Crippen LogP contribution in [0.4, 0.5) is 5.69 Å². The SMILES string of the molecule is CC1CC(CN)CN1C(=O)c1cccc(S(=O)(=O)N(C)c2ccccc2)c1.Cl. The summed E-state index contributed by atoms with van der Waals surface area (Å²) >= 11 is 0. The number of benzene rings is 2. The van der Waals surface area contributed by atoms with Crippen molar-refractivity contribution in [3.8, 4) is 0 Å². The first kappa shape index (κ1) is 22.2. The second-order valence-corrected chi connectivity index (χ2v) is 8.95. The molecule has 2 unspecified atom stereocenters. The van der Waals surface area contributed by atoms with Gasteiger partial charge in [0, 0.05) is 25.2 Å². The minimum Gasteiger partial charge on any atom is -0.336 e. The molecular formula is C20H26ClN3O3S. The van der Waals surface area contributed by atoms with Gasteiger partial charge in [-0.2, -0.15) is 0 Å². The molecule has 28 heavy (non-hydrogen) atoms. The van der Waals surface area contributed by atoms with Gasteiger partial charge in [0.25, 0.3) is 15.9 Å². The van der Waals surface area contributed by atoms with Gasteiger partial charge in [-0.1, -0.05) is 24.3 Å². The number of para-hydroxylation sites is 1. The predicted molar refractivity (Wildman–Crippen MR) is 113 cm³/mol. The third kappa shape index (κ3) is 4.32. The highest BCUT2D eigenvalue weighted by molar-refractivity contribution is 7.92. The largest absolute Gasteiger partial charge is 0.336 e. The second kappa shape index (κ2) is 8.94. The molecule has 0 saturated carbocycles. The van der Waals surface area contributed by atoms with Gasteiger partial charge in [0.2, 0.25) is 0 Å². The standard InChI is InChI=1S/C20H25N3O3S.ClH/c1-15-11-16(13-21)14-23(15)20(24)17-7-6-10-19(12-17)27(25,26)22(2)18-8-4-3-5-9-18;/h3-10,12,15-16H,11,13-14,21H2,1-2H3;1H. The summed E-state index contributed by atoms with van der Waals surface area (Å²) < 4.78 is 27.2. The van der Waals surface area contributed by atoms with E-state index < -0.39 is 10.0 Å². The summed E-state index contributed by atoms with van der Waals surface area (Å²) in [5, 5.41) is 0. The molecule has 2 N–H and O–H groups in total. The van der Waals surface area contributed by atoms with Gasteiger partial charge in [0.1, 0.15) is 0 Å². The van der Waals surface area contributed by atoms with E-state index >= 15 is 0 Å². The number of sulfonamides is 1. The molecule has 2 atom stereocenters. The Hall–Kier alpha value is -2.09. The number of amides is 1. The Labute approximate surface area is 172 Å². The Morgan fingerprint density at radius 1 is 1.18 bits per heavy atom. The highest BCUT2D eigenvalue weighted by atomic mass is 35.5. The zero-order valence-corrected chi connectivity index (χ0v) is 17.6. The van der Waals surface area contributed by atoms with Crippen LogP contribution in [0.5, 0.6) is 0 Å². The first-order valence-electron chi connectivity index (χ1n) is 8.99. The molecule has 0 bridgehead atoms. The summed E-state index contributed by atoms with van der Waals surface area (Å²) in [6, 6.07) is 15.2. The smallest absolute Gasteiger partial charge is 0.264 e. The van der Waals surface area contributed by atoms with E-state index in [1.54, 1.807) is 41.3 Å². The van der Waals surface area contributed by atoms with Crippen LogP contribution in [-0.4, -0.2) is 45.4 Å². The fourth-order valence-corrected chi connectivity index (χ4v) is 4.73. The lowest BCUT2D eigenvalue weighted by molar-refractivity contribution is 0.0743. The van der Waals surface area contributed by atoms with Crippen LogP contribution in [0.1, 0.15) is 23.7 Å². The fourth-order valence-electron chi connectivity index (χ4n) is 3.49. The zero-order chi connectivity index (χ0) is 19.6. The Morgan fingerprint density at radius 2 is 1.86 bits per heavy atom. The van der Waals surface area contributed by atoms with Crippen molar-refractivity contribution in [2.75, 3.05) is 24.4 Å². The quantitative estimate of drug-likeness (QED) is 0.801. The average molecular weight is 424 g/mol. The topological polar surface area (TPSA) is 83.7 Å². The molecule has 2 aromatic carbocycles. The molecule has 0 aromatic heterocycles. The van der Waals surface area contributed by atoms with E-state index in [0.29, 0.717) is 30.3 Å². The Bertz CT molecular complexity index is 921. The van der Waals surface area contributed by atoms with Crippen molar-refractivity contribution in [3.63, 3.8) is 0 Å². The van der Waals surface area contributed by atoms with Crippen LogP contribution in [0.2, 0.25) is 0 Å². The second-order valence-electron chi connectivity index (χ2n) is 6.98. The summed E-state index contributed by atoms with van der Waals surface area (Å²) in [4.78, 5) is 14.8. The third-order valence-electron chi connectivity index (χ3n) is 5.11. The summed E-state index contributed by atoms with van der Waals surface area (Å²) in [6.07, 6.45) is 0.872. The van der Waals surface area contributed by atoms with Gasteiger partial charge >= 0.3 is 0 Å². The minimum atomic E-state index is -3.76. The highest BCUT2D eigenvalue weighted by Crippen LogP contribution is 2.26. The van der Waals surface area contributed by atoms with Crippen molar-refractivity contribution >= 4 is 34.0 Å². The molecule has 152 valence electrons. The van der Waals surface area contributed by atoms with Crippen molar-refractivity contribution in [2.24, 2.45) is 11.7 Å². The number of hydrogen-bond acceptors (Lipinski definition) is 4. The van der Waals surface area contributed by atoms with Crippen LogP contribution in [0.3, 0.4) is 0 Å². The van der Waals surface area contributed by atoms with E-state index in [-0.39, 0.29) is 29.3 Å². The van der Waals surface area contributed by atoms with E-state index in [4.69, 9.17) is 5.73 Å². The molecule has 2 aromatic rings. The normalized spacial score (nSPS) is 19.2. The summed E-state index contributed by atoms with van der Waals surface area (Å²) in [5.74, 6) is 0.137. The lowest BCUT2D eigenvalue weighted by Gasteiger charge is -2.23. The maximum absolute atomic E-state index is 13.0. The third-order valence-corrected chi connectivity index (χ3v) is 6.90. The molecular weight excluding hydrogens is 398 g/mol. The molecule has 1 heterocycles. The first-order valence-corrected chi connectivity index (χ1v) is 10.4. The van der Waals surface area contributed by atoms with Crippen LogP contribution >= 0.6 is 12.4 Å². The predicted octanol–water partition coefficient (Wildman–Crippen LogP) is 2.74. The highest BCUT2D eigenvalue weighted by Gasteiger charge is 2.32. The number of carbonyl (C=O) groups is 1. The van der Waals surface area contributed by atoms with E-state index in [9.17, 15) is 13.2 Å². The number of likely N-dealkylation sites (tertiary alicyclic amines) is 1. The molecule has 1 saturated heterocycles. The van der Waals surface area contributed by atoms with Gasteiger partial charge < -0.3 is 10.6 Å². The van der Waals surface area contributed by atoms with Crippen LogP contribution in [0.25, 0.3) is 0 Å². The molecule has 3 rings (SSSR count). The molecule has 1 fully saturated rings. The number of halogens is 1. The Balaban J connectivity index is 0.00000280. The van der Waals surface area contributed by atoms with E-state index in [2.05, 4.69) is 0 Å². The number of anilines is 1. The number of rotatable bonds is 5. The van der Waals surface area contributed by atoms with Crippen molar-refractivity contribution in [3.05, 3.63) is 60.2 Å². The molecule has 0 aliphatic carbocycles. The lowest BCUT2D eigenvalue weighted by Crippen LogP contribution is -2.34. The van der Waals surface area contributed by atoms with Gasteiger partial charge in [-0.3, -0.25) is 9.10 Å². The van der Waals surface area contributed by atoms with E-state index in [1.807, 2.05) is 13.0 Å². The van der Waals surface area contributed by atoms with Crippen LogP contribution in [0.15, 0.2) is 59.5 Å². The monoisotopic (exact) mass is 423 g/mol. The van der Waals surface area contributed by atoms with Crippen molar-refractivity contribution < 1.29 is 13.2 Å². The Morgan fingerprint density at radius 3 is 2.46 bits per heavy atom. The average Bonchev–Trinajstić information content (AvgIpc) is 3.08. The maximum atomic E-state index is 13.0. The van der Waals surface area contributed by atoms with Crippen LogP contribution in [0, 0.1) is 5.92 Å². The molecule has 1 aliphatic rings. The van der Waals surface area contributed by atoms with Gasteiger partial charge in [-0.15, -0.1) is 12.4 Å². The molecule has 1 aliphatic heterocycles. The number of carbonyl (C=O) groups excluding carboxylic acids is 1. The summed E-state index contributed by atoms with van der Waals surface area (Å²) in [5.41, 5.74) is 6.68. The number of nitrogens with zero attached hydrogens (tertiary/aromatic N) is 2. The molecule has 1 amide bonds. The molecule has 8 heteroatoms. The lowest BCUT2D eigenvalue weighted by atomic mass is 10.1. The van der Waals surface area contributed by atoms with E-state index in [0.717, 1.165) is 6.42 Å². The Kier molecular flexibility index (Phi) is 7.09. The van der Waals surface area contributed by atoms with Crippen LogP contribution < -0.4 is 10.0 Å². The molecule has 6 nitrogen and oxygen atoms in total. The molecule has 0 spiro atoms. The van der Waals surface area contributed by atoms with Gasteiger partial charge in [0.05, 0.1) is 10.6 Å². The number of nitrogens with two attached hydrogens (primary N) is 1. The van der Waals surface area contributed by atoms with Gasteiger partial charge in [0.15, 0.2) is 0 Å². The zero-order valence-electron chi connectivity index (χ0n) is 16.0. The fraction of sp³-hybridized carbons (Fsp3) is 0.350. The summed E-state index contributed by atoms with van der Waals surface area (Å²) in [6.45, 7) is 3.15.